The molecule has 2 unspecified atom stereocenters. The number of hydrogen-bond donors (Lipinski definition) is 3. The number of hydrogen-bond acceptors (Lipinski definition) is 3. The Labute approximate surface area is 96.4 Å². The highest BCUT2D eigenvalue weighted by Gasteiger charge is 2.24. The zero-order valence-corrected chi connectivity index (χ0v) is 10.4. The molecule has 1 saturated carbocycles. The van der Waals surface area contributed by atoms with Gasteiger partial charge in [-0.2, -0.15) is 11.8 Å². The Bertz CT molecular complexity index is 208. The van der Waals surface area contributed by atoms with E-state index in [0.29, 0.717) is 11.3 Å². The third-order valence-corrected chi connectivity index (χ3v) is 3.95. The number of nitrogens with one attached hydrogen (secondary N) is 2. The van der Waals surface area contributed by atoms with Gasteiger partial charge in [-0.3, -0.25) is 10.4 Å². The maximum Gasteiger partial charge on any atom is 0.205 e. The van der Waals surface area contributed by atoms with Crippen molar-refractivity contribution in [1.29, 1.82) is 0 Å². The number of nitrogens with zero attached hydrogens (tertiary/aromatic N) is 1. The van der Waals surface area contributed by atoms with Gasteiger partial charge in [0.2, 0.25) is 5.96 Å². The summed E-state index contributed by atoms with van der Waals surface area (Å²) in [4.78, 5) is 4.27. The standard InChI is InChI=1S/C10H22N4S/c1-3-12-10(14-11)13-8-6-4-5-7-9(8)15-2/h8-9H,3-7,11H2,1-2H3,(H2,12,13,14). The lowest BCUT2D eigenvalue weighted by Crippen LogP contribution is -2.50. The number of hydrazine groups is 1. The summed E-state index contributed by atoms with van der Waals surface area (Å²) in [5.74, 6) is 6.14. The molecule has 88 valence electrons. The maximum absolute atomic E-state index is 5.41. The molecule has 0 heterocycles. The fourth-order valence-electron chi connectivity index (χ4n) is 2.01. The van der Waals surface area contributed by atoms with Crippen LogP contribution in [0.15, 0.2) is 4.99 Å². The van der Waals surface area contributed by atoms with E-state index >= 15 is 0 Å². The molecule has 1 aliphatic rings. The fourth-order valence-corrected chi connectivity index (χ4v) is 2.95. The number of guanidine groups is 1. The van der Waals surface area contributed by atoms with Crippen LogP contribution in [0.3, 0.4) is 0 Å². The second kappa shape index (κ2) is 6.95. The van der Waals surface area contributed by atoms with E-state index in [4.69, 9.17) is 5.84 Å². The average Bonchev–Trinajstić information content (AvgIpc) is 2.29. The van der Waals surface area contributed by atoms with Crippen LogP contribution >= 0.6 is 11.8 Å². The van der Waals surface area contributed by atoms with Gasteiger partial charge >= 0.3 is 0 Å². The first-order valence-corrected chi connectivity index (χ1v) is 6.91. The maximum atomic E-state index is 5.41. The quantitative estimate of drug-likeness (QED) is 0.294. The van der Waals surface area contributed by atoms with Crippen LogP contribution < -0.4 is 16.6 Å². The predicted octanol–water partition coefficient (Wildman–Crippen LogP) is 1.09. The zero-order valence-electron chi connectivity index (χ0n) is 9.62. The Morgan fingerprint density at radius 3 is 2.80 bits per heavy atom. The predicted molar refractivity (Wildman–Crippen MR) is 68.0 cm³/mol. The van der Waals surface area contributed by atoms with E-state index in [9.17, 15) is 0 Å². The minimum Gasteiger partial charge on any atom is -0.351 e. The monoisotopic (exact) mass is 230 g/mol. The van der Waals surface area contributed by atoms with Gasteiger partial charge in [0.15, 0.2) is 0 Å². The van der Waals surface area contributed by atoms with Crippen molar-refractivity contribution in [2.24, 2.45) is 10.8 Å². The van der Waals surface area contributed by atoms with Crippen LogP contribution in [0.1, 0.15) is 32.6 Å². The van der Waals surface area contributed by atoms with Crippen LogP contribution in [0.2, 0.25) is 0 Å². The molecule has 4 N–H and O–H groups in total. The van der Waals surface area contributed by atoms with Crippen molar-refractivity contribution >= 4 is 17.7 Å². The van der Waals surface area contributed by atoms with Crippen LogP contribution in [0.25, 0.3) is 0 Å². The lowest BCUT2D eigenvalue weighted by atomic mass is 9.95. The van der Waals surface area contributed by atoms with Crippen molar-refractivity contribution in [3.8, 4) is 0 Å². The molecule has 0 aromatic carbocycles. The molecule has 0 aromatic rings. The summed E-state index contributed by atoms with van der Waals surface area (Å²) in [6, 6.07) is 0.509. The molecule has 0 aromatic heterocycles. The smallest absolute Gasteiger partial charge is 0.205 e. The molecule has 1 fully saturated rings. The summed E-state index contributed by atoms with van der Waals surface area (Å²) >= 11 is 1.94. The van der Waals surface area contributed by atoms with Crippen LogP contribution in [0, 0.1) is 0 Å². The lowest BCUT2D eigenvalue weighted by molar-refractivity contribution is 0.422. The summed E-state index contributed by atoms with van der Waals surface area (Å²) in [6.45, 7) is 2.76. The number of thioether (sulfide) groups is 1. The number of nitrogens with two attached hydrogens (primary N) is 1. The Hall–Kier alpha value is -0.420. The topological polar surface area (TPSA) is 62.4 Å². The molecule has 15 heavy (non-hydrogen) atoms. The van der Waals surface area contributed by atoms with Crippen molar-refractivity contribution < 1.29 is 0 Å². The molecule has 1 rings (SSSR count). The molecule has 1 aliphatic carbocycles. The minimum atomic E-state index is 0.509. The Balaban J connectivity index is 2.49. The van der Waals surface area contributed by atoms with E-state index in [0.717, 1.165) is 12.5 Å². The first-order valence-electron chi connectivity index (χ1n) is 5.62. The number of aliphatic imine (C=N–C) groups is 1. The summed E-state index contributed by atoms with van der Waals surface area (Å²) in [7, 11) is 0. The summed E-state index contributed by atoms with van der Waals surface area (Å²) in [5, 5.41) is 4.09. The van der Waals surface area contributed by atoms with E-state index in [-0.39, 0.29) is 0 Å². The van der Waals surface area contributed by atoms with Crippen molar-refractivity contribution in [3.63, 3.8) is 0 Å². The van der Waals surface area contributed by atoms with E-state index < -0.39 is 0 Å². The summed E-state index contributed by atoms with van der Waals surface area (Å²) < 4.78 is 0. The first-order chi connectivity index (χ1) is 7.31. The average molecular weight is 230 g/mol. The highest BCUT2D eigenvalue weighted by atomic mass is 32.2. The van der Waals surface area contributed by atoms with Crippen LogP contribution in [-0.2, 0) is 0 Å². The SMILES string of the molecule is CCN=C(NN)NC1CCCCC1SC. The van der Waals surface area contributed by atoms with Crippen molar-refractivity contribution in [2.45, 2.75) is 43.9 Å². The molecule has 0 amide bonds. The third-order valence-electron chi connectivity index (χ3n) is 2.78. The van der Waals surface area contributed by atoms with E-state index in [2.05, 4.69) is 22.0 Å². The molecule has 0 bridgehead atoms. The van der Waals surface area contributed by atoms with Crippen LogP contribution in [-0.4, -0.2) is 30.1 Å². The molecular formula is C10H22N4S. The third kappa shape index (κ3) is 3.91. The molecular weight excluding hydrogens is 208 g/mol. The van der Waals surface area contributed by atoms with Gasteiger partial charge in [-0.05, 0) is 26.0 Å². The van der Waals surface area contributed by atoms with Gasteiger partial charge in [-0.1, -0.05) is 12.8 Å². The highest BCUT2D eigenvalue weighted by molar-refractivity contribution is 7.99. The fraction of sp³-hybridized carbons (Fsp3) is 0.900. The largest absolute Gasteiger partial charge is 0.351 e. The highest BCUT2D eigenvalue weighted by Crippen LogP contribution is 2.26. The van der Waals surface area contributed by atoms with Gasteiger partial charge in [0, 0.05) is 17.8 Å². The molecule has 5 heteroatoms. The minimum absolute atomic E-state index is 0.509. The molecule has 2 atom stereocenters. The summed E-state index contributed by atoms with van der Waals surface area (Å²) in [6.07, 6.45) is 7.34. The van der Waals surface area contributed by atoms with E-state index in [1.165, 1.54) is 25.7 Å². The Kier molecular flexibility index (Phi) is 5.86. The Morgan fingerprint density at radius 2 is 2.20 bits per heavy atom. The van der Waals surface area contributed by atoms with Gasteiger partial charge in [0.1, 0.15) is 0 Å². The first kappa shape index (κ1) is 12.6. The second-order valence-electron chi connectivity index (χ2n) is 3.78. The zero-order chi connectivity index (χ0) is 11.1. The normalized spacial score (nSPS) is 27.5. The van der Waals surface area contributed by atoms with Crippen LogP contribution in [0.4, 0.5) is 0 Å². The van der Waals surface area contributed by atoms with Crippen molar-refractivity contribution in [2.75, 3.05) is 12.8 Å². The van der Waals surface area contributed by atoms with E-state index in [1.54, 1.807) is 0 Å². The van der Waals surface area contributed by atoms with Crippen molar-refractivity contribution in [1.82, 2.24) is 10.7 Å². The lowest BCUT2D eigenvalue weighted by Gasteiger charge is -2.31. The Morgan fingerprint density at radius 1 is 1.47 bits per heavy atom. The molecule has 4 nitrogen and oxygen atoms in total. The summed E-state index contributed by atoms with van der Waals surface area (Å²) in [5.41, 5.74) is 2.62. The van der Waals surface area contributed by atoms with Gasteiger partial charge in [0.25, 0.3) is 0 Å². The van der Waals surface area contributed by atoms with Gasteiger partial charge < -0.3 is 5.32 Å². The van der Waals surface area contributed by atoms with Crippen molar-refractivity contribution in [3.05, 3.63) is 0 Å². The van der Waals surface area contributed by atoms with Gasteiger partial charge in [-0.25, -0.2) is 5.84 Å². The molecule has 0 radical (unpaired) electrons. The van der Waals surface area contributed by atoms with E-state index in [1.807, 2.05) is 18.7 Å². The molecule has 0 spiro atoms. The molecule has 0 aliphatic heterocycles. The van der Waals surface area contributed by atoms with Gasteiger partial charge in [-0.15, -0.1) is 0 Å². The van der Waals surface area contributed by atoms with Crippen LogP contribution in [0.5, 0.6) is 0 Å². The van der Waals surface area contributed by atoms with Gasteiger partial charge in [0.05, 0.1) is 0 Å². The molecule has 0 saturated heterocycles. The second-order valence-corrected chi connectivity index (χ2v) is 4.85. The number of rotatable bonds is 3.